The summed E-state index contributed by atoms with van der Waals surface area (Å²) in [6, 6.07) is 15.0. The van der Waals surface area contributed by atoms with Crippen molar-refractivity contribution in [1.82, 2.24) is 16.0 Å². The average Bonchev–Trinajstić information content (AvgIpc) is 2.73. The van der Waals surface area contributed by atoms with Gasteiger partial charge in [-0.2, -0.15) is 0 Å². The molecule has 7 nitrogen and oxygen atoms in total. The summed E-state index contributed by atoms with van der Waals surface area (Å²) >= 11 is 0. The van der Waals surface area contributed by atoms with Gasteiger partial charge in [0.1, 0.15) is 17.6 Å². The SMILES string of the molecule is CN=C(NCc1ccc(C(=O)NC)cc1)NCC(C)Oc1cccc(OC)c1.I. The number of guanidine groups is 1. The van der Waals surface area contributed by atoms with Crippen molar-refractivity contribution in [2.45, 2.75) is 19.6 Å². The van der Waals surface area contributed by atoms with E-state index in [4.69, 9.17) is 9.47 Å². The Bertz CT molecular complexity index is 797. The molecule has 1 amide bonds. The van der Waals surface area contributed by atoms with E-state index in [2.05, 4.69) is 20.9 Å². The Labute approximate surface area is 189 Å². The van der Waals surface area contributed by atoms with Gasteiger partial charge in [-0.15, -0.1) is 24.0 Å². The zero-order chi connectivity index (χ0) is 20.4. The van der Waals surface area contributed by atoms with E-state index in [1.54, 1.807) is 33.3 Å². The summed E-state index contributed by atoms with van der Waals surface area (Å²) in [5, 5.41) is 9.10. The van der Waals surface area contributed by atoms with Gasteiger partial charge in [0, 0.05) is 32.3 Å². The molecule has 0 saturated heterocycles. The third-order valence-corrected chi connectivity index (χ3v) is 4.06. The number of amides is 1. The van der Waals surface area contributed by atoms with Crippen molar-refractivity contribution in [2.24, 2.45) is 4.99 Å². The summed E-state index contributed by atoms with van der Waals surface area (Å²) in [5.41, 5.74) is 1.69. The molecule has 1 atom stereocenters. The van der Waals surface area contributed by atoms with Crippen LogP contribution in [0.25, 0.3) is 0 Å². The molecule has 1 unspecified atom stereocenters. The lowest BCUT2D eigenvalue weighted by atomic mass is 10.1. The number of aliphatic imine (C=N–C) groups is 1. The molecule has 0 aliphatic rings. The normalized spacial score (nSPS) is 11.7. The molecule has 3 N–H and O–H groups in total. The number of carbonyl (C=O) groups is 1. The molecule has 0 fully saturated rings. The first kappa shape index (κ1) is 24.5. The van der Waals surface area contributed by atoms with Gasteiger partial charge in [0.15, 0.2) is 5.96 Å². The average molecular weight is 512 g/mol. The summed E-state index contributed by atoms with van der Waals surface area (Å²) in [5.74, 6) is 2.10. The maximum absolute atomic E-state index is 11.6. The minimum absolute atomic E-state index is 0. The quantitative estimate of drug-likeness (QED) is 0.288. The number of benzene rings is 2. The van der Waals surface area contributed by atoms with Crippen LogP contribution in [0.5, 0.6) is 11.5 Å². The summed E-state index contributed by atoms with van der Waals surface area (Å²) in [4.78, 5) is 15.8. The number of ether oxygens (including phenoxy) is 2. The third-order valence-electron chi connectivity index (χ3n) is 4.06. The van der Waals surface area contributed by atoms with Gasteiger partial charge in [-0.05, 0) is 36.8 Å². The van der Waals surface area contributed by atoms with Gasteiger partial charge < -0.3 is 25.4 Å². The highest BCUT2D eigenvalue weighted by Crippen LogP contribution is 2.19. The zero-order valence-electron chi connectivity index (χ0n) is 17.2. The van der Waals surface area contributed by atoms with E-state index in [9.17, 15) is 4.79 Å². The number of halogens is 1. The van der Waals surface area contributed by atoms with Crippen LogP contribution < -0.4 is 25.4 Å². The Hall–Kier alpha value is -2.49. The maximum Gasteiger partial charge on any atom is 0.251 e. The van der Waals surface area contributed by atoms with Gasteiger partial charge >= 0.3 is 0 Å². The number of methoxy groups -OCH3 is 1. The summed E-state index contributed by atoms with van der Waals surface area (Å²) in [6.07, 6.45) is -0.0579. The van der Waals surface area contributed by atoms with Crippen molar-refractivity contribution >= 4 is 35.8 Å². The van der Waals surface area contributed by atoms with E-state index >= 15 is 0 Å². The highest BCUT2D eigenvalue weighted by Gasteiger charge is 2.07. The van der Waals surface area contributed by atoms with Crippen molar-refractivity contribution in [2.75, 3.05) is 27.7 Å². The highest BCUT2D eigenvalue weighted by molar-refractivity contribution is 14.0. The Morgan fingerprint density at radius 2 is 1.79 bits per heavy atom. The van der Waals surface area contributed by atoms with Crippen LogP contribution in [-0.4, -0.2) is 45.7 Å². The third kappa shape index (κ3) is 8.18. The molecule has 8 heteroatoms. The Balaban J connectivity index is 0.00000420. The van der Waals surface area contributed by atoms with Crippen LogP contribution in [0.15, 0.2) is 53.5 Å². The lowest BCUT2D eigenvalue weighted by Crippen LogP contribution is -2.41. The predicted molar refractivity (Wildman–Crippen MR) is 127 cm³/mol. The first-order chi connectivity index (χ1) is 13.5. The predicted octanol–water partition coefficient (Wildman–Crippen LogP) is 2.81. The molecular weight excluding hydrogens is 483 g/mol. The summed E-state index contributed by atoms with van der Waals surface area (Å²) in [7, 11) is 4.97. The van der Waals surface area contributed by atoms with Crippen molar-refractivity contribution < 1.29 is 14.3 Å². The molecule has 158 valence electrons. The largest absolute Gasteiger partial charge is 0.497 e. The fourth-order valence-electron chi connectivity index (χ4n) is 2.51. The monoisotopic (exact) mass is 512 g/mol. The van der Waals surface area contributed by atoms with E-state index in [0.717, 1.165) is 17.1 Å². The van der Waals surface area contributed by atoms with Gasteiger partial charge in [0.2, 0.25) is 0 Å². The molecule has 2 rings (SSSR count). The lowest BCUT2D eigenvalue weighted by molar-refractivity contribution is 0.0963. The first-order valence-electron chi connectivity index (χ1n) is 9.12. The van der Waals surface area contributed by atoms with Crippen LogP contribution in [0.2, 0.25) is 0 Å². The lowest BCUT2D eigenvalue weighted by Gasteiger charge is -2.18. The standard InChI is InChI=1S/C21H28N4O3.HI/c1-15(28-19-7-5-6-18(12-19)27-4)13-24-21(23-3)25-14-16-8-10-17(11-9-16)20(26)22-2;/h5-12,15H,13-14H2,1-4H3,(H,22,26)(H2,23,24,25);1H. The van der Waals surface area contributed by atoms with Crippen LogP contribution >= 0.6 is 24.0 Å². The number of rotatable bonds is 8. The van der Waals surface area contributed by atoms with Crippen molar-refractivity contribution in [1.29, 1.82) is 0 Å². The second kappa shape index (κ2) is 12.9. The zero-order valence-corrected chi connectivity index (χ0v) is 19.5. The Morgan fingerprint density at radius 3 is 2.41 bits per heavy atom. The van der Waals surface area contributed by atoms with E-state index in [0.29, 0.717) is 24.6 Å². The summed E-state index contributed by atoms with van der Waals surface area (Å²) in [6.45, 7) is 3.17. The van der Waals surface area contributed by atoms with Gasteiger partial charge in [-0.3, -0.25) is 9.79 Å². The topological polar surface area (TPSA) is 84.0 Å². The molecule has 29 heavy (non-hydrogen) atoms. The molecule has 2 aromatic carbocycles. The van der Waals surface area contributed by atoms with Crippen molar-refractivity contribution in [3.8, 4) is 11.5 Å². The van der Waals surface area contributed by atoms with E-state index < -0.39 is 0 Å². The number of nitrogens with one attached hydrogen (secondary N) is 3. The number of hydrogen-bond donors (Lipinski definition) is 3. The Kier molecular flexibility index (Phi) is 10.9. The van der Waals surface area contributed by atoms with Crippen LogP contribution in [0.3, 0.4) is 0 Å². The molecule has 0 spiro atoms. The van der Waals surface area contributed by atoms with Crippen LogP contribution in [-0.2, 0) is 6.54 Å². The van der Waals surface area contributed by atoms with E-state index in [1.165, 1.54) is 0 Å². The molecule has 2 aromatic rings. The summed E-state index contributed by atoms with van der Waals surface area (Å²) < 4.78 is 11.1. The fraction of sp³-hybridized carbons (Fsp3) is 0.333. The molecule has 0 aliphatic heterocycles. The highest BCUT2D eigenvalue weighted by atomic mass is 127. The van der Waals surface area contributed by atoms with Crippen LogP contribution in [0.1, 0.15) is 22.8 Å². The Morgan fingerprint density at radius 1 is 1.10 bits per heavy atom. The second-order valence-electron chi connectivity index (χ2n) is 6.19. The minimum Gasteiger partial charge on any atom is -0.497 e. The number of hydrogen-bond acceptors (Lipinski definition) is 4. The molecular formula is C21H29IN4O3. The first-order valence-corrected chi connectivity index (χ1v) is 9.12. The molecule has 0 heterocycles. The van der Waals surface area contributed by atoms with Crippen LogP contribution in [0, 0.1) is 0 Å². The molecule has 0 radical (unpaired) electrons. The van der Waals surface area contributed by atoms with E-state index in [-0.39, 0.29) is 36.0 Å². The maximum atomic E-state index is 11.6. The van der Waals surface area contributed by atoms with Gasteiger partial charge in [-0.1, -0.05) is 18.2 Å². The number of nitrogens with zero attached hydrogens (tertiary/aromatic N) is 1. The molecule has 0 aromatic heterocycles. The molecule has 0 saturated carbocycles. The van der Waals surface area contributed by atoms with Gasteiger partial charge in [-0.25, -0.2) is 0 Å². The van der Waals surface area contributed by atoms with Crippen LogP contribution in [0.4, 0.5) is 0 Å². The van der Waals surface area contributed by atoms with E-state index in [1.807, 2.05) is 43.3 Å². The van der Waals surface area contributed by atoms with Gasteiger partial charge in [0.25, 0.3) is 5.91 Å². The number of carbonyl (C=O) groups excluding carboxylic acids is 1. The molecule has 0 bridgehead atoms. The smallest absolute Gasteiger partial charge is 0.251 e. The van der Waals surface area contributed by atoms with Gasteiger partial charge in [0.05, 0.1) is 13.7 Å². The van der Waals surface area contributed by atoms with Crippen molar-refractivity contribution in [3.05, 3.63) is 59.7 Å². The molecule has 0 aliphatic carbocycles. The van der Waals surface area contributed by atoms with Crippen molar-refractivity contribution in [3.63, 3.8) is 0 Å². The minimum atomic E-state index is -0.0954. The second-order valence-corrected chi connectivity index (χ2v) is 6.19. The fourth-order valence-corrected chi connectivity index (χ4v) is 2.51.